The molecular weight excluding hydrogens is 230 g/mol. The van der Waals surface area contributed by atoms with E-state index in [1.54, 1.807) is 0 Å². The lowest BCUT2D eigenvalue weighted by Crippen LogP contribution is -2.41. The van der Waals surface area contributed by atoms with Crippen LogP contribution >= 0.6 is 11.8 Å². The molecule has 1 aliphatic heterocycles. The van der Waals surface area contributed by atoms with Crippen LogP contribution in [0, 0.1) is 6.92 Å². The monoisotopic (exact) mass is 251 g/mol. The maximum absolute atomic E-state index is 4.41. The van der Waals surface area contributed by atoms with E-state index in [4.69, 9.17) is 0 Å². The molecule has 17 heavy (non-hydrogen) atoms. The molecule has 1 saturated heterocycles. The Hall–Kier alpha value is -0.740. The van der Waals surface area contributed by atoms with E-state index in [9.17, 15) is 0 Å². The van der Waals surface area contributed by atoms with Gasteiger partial charge in [-0.1, -0.05) is 0 Å². The van der Waals surface area contributed by atoms with E-state index in [0.717, 1.165) is 18.8 Å². The Morgan fingerprint density at radius 2 is 2.41 bits per heavy atom. The van der Waals surface area contributed by atoms with Crippen LogP contribution in [-0.4, -0.2) is 36.1 Å². The lowest BCUT2D eigenvalue weighted by molar-refractivity contribution is 0.689. The molecule has 0 aliphatic carbocycles. The summed E-state index contributed by atoms with van der Waals surface area (Å²) >= 11 is 2.05. The number of nitrogens with one attached hydrogen (secondary N) is 1. The highest BCUT2D eigenvalue weighted by molar-refractivity contribution is 7.99. The Bertz CT molecular complexity index is 381. The number of hydrogen-bond acceptors (Lipinski definition) is 4. The van der Waals surface area contributed by atoms with Gasteiger partial charge in [0.1, 0.15) is 0 Å². The summed E-state index contributed by atoms with van der Waals surface area (Å²) in [6.07, 6.45) is 2.01. The number of aryl methyl sites for hydroxylation is 1. The van der Waals surface area contributed by atoms with Gasteiger partial charge in [-0.2, -0.15) is 11.8 Å². The first-order chi connectivity index (χ1) is 8.22. The Morgan fingerprint density at radius 1 is 1.59 bits per heavy atom. The molecule has 1 aromatic heterocycles. The predicted octanol–water partition coefficient (Wildman–Crippen LogP) is 2.05. The minimum atomic E-state index is 0.617. The van der Waals surface area contributed by atoms with E-state index in [1.807, 2.05) is 13.2 Å². The Labute approximate surface area is 108 Å². The molecule has 0 radical (unpaired) electrons. The van der Waals surface area contributed by atoms with Crippen LogP contribution in [0.25, 0.3) is 0 Å². The van der Waals surface area contributed by atoms with Gasteiger partial charge in [0.15, 0.2) is 0 Å². The number of rotatable bonds is 3. The Kier molecular flexibility index (Phi) is 4.29. The molecule has 1 N–H and O–H groups in total. The standard InChI is InChI=1S/C13H21N3S/c1-10-6-13(12(7-14-3)8-15-10)16-4-5-17-9-11(16)2/h6,8,11,14H,4-5,7,9H2,1-3H3. The highest BCUT2D eigenvalue weighted by atomic mass is 32.2. The molecule has 1 unspecified atom stereocenters. The molecule has 1 fully saturated rings. The maximum atomic E-state index is 4.41. The summed E-state index contributed by atoms with van der Waals surface area (Å²) in [4.78, 5) is 6.93. The van der Waals surface area contributed by atoms with Gasteiger partial charge in [0.2, 0.25) is 0 Å². The molecule has 0 bridgehead atoms. The van der Waals surface area contributed by atoms with Gasteiger partial charge in [-0.15, -0.1) is 0 Å². The third-order valence-electron chi connectivity index (χ3n) is 3.14. The summed E-state index contributed by atoms with van der Waals surface area (Å²) in [5.74, 6) is 2.45. The predicted molar refractivity (Wildman–Crippen MR) is 75.9 cm³/mol. The normalized spacial score (nSPS) is 20.6. The zero-order valence-electron chi connectivity index (χ0n) is 10.9. The largest absolute Gasteiger partial charge is 0.367 e. The highest BCUT2D eigenvalue weighted by Gasteiger charge is 2.21. The molecule has 4 heteroatoms. The summed E-state index contributed by atoms with van der Waals surface area (Å²) in [7, 11) is 1.99. The minimum absolute atomic E-state index is 0.617. The van der Waals surface area contributed by atoms with E-state index >= 15 is 0 Å². The molecule has 0 amide bonds. The van der Waals surface area contributed by atoms with E-state index in [-0.39, 0.29) is 0 Å². The molecule has 2 rings (SSSR count). The van der Waals surface area contributed by atoms with Crippen LogP contribution in [0.4, 0.5) is 5.69 Å². The van der Waals surface area contributed by atoms with Crippen molar-refractivity contribution in [2.75, 3.05) is 30.0 Å². The van der Waals surface area contributed by atoms with Crippen LogP contribution in [-0.2, 0) is 6.54 Å². The summed E-state index contributed by atoms with van der Waals surface area (Å²) in [6, 6.07) is 2.84. The van der Waals surface area contributed by atoms with Crippen molar-refractivity contribution in [1.82, 2.24) is 10.3 Å². The van der Waals surface area contributed by atoms with Gasteiger partial charge >= 0.3 is 0 Å². The second kappa shape index (κ2) is 5.74. The minimum Gasteiger partial charge on any atom is -0.367 e. The van der Waals surface area contributed by atoms with Gasteiger partial charge in [-0.25, -0.2) is 0 Å². The van der Waals surface area contributed by atoms with Gasteiger partial charge in [0.25, 0.3) is 0 Å². The lowest BCUT2D eigenvalue weighted by atomic mass is 10.1. The lowest BCUT2D eigenvalue weighted by Gasteiger charge is -2.36. The summed E-state index contributed by atoms with van der Waals surface area (Å²) in [5, 5.41) is 3.23. The van der Waals surface area contributed by atoms with Gasteiger partial charge in [-0.05, 0) is 27.0 Å². The van der Waals surface area contributed by atoms with Crippen molar-refractivity contribution < 1.29 is 0 Å². The second-order valence-electron chi connectivity index (χ2n) is 4.60. The van der Waals surface area contributed by atoms with Crippen LogP contribution in [0.3, 0.4) is 0 Å². The number of pyridine rings is 1. The number of anilines is 1. The average Bonchev–Trinajstić information content (AvgIpc) is 2.32. The Morgan fingerprint density at radius 3 is 3.12 bits per heavy atom. The van der Waals surface area contributed by atoms with Crippen molar-refractivity contribution in [3.63, 3.8) is 0 Å². The quantitative estimate of drug-likeness (QED) is 0.890. The fraction of sp³-hybridized carbons (Fsp3) is 0.615. The van der Waals surface area contributed by atoms with Crippen LogP contribution in [0.5, 0.6) is 0 Å². The van der Waals surface area contributed by atoms with Gasteiger partial charge in [0, 0.05) is 53.8 Å². The number of thioether (sulfide) groups is 1. The van der Waals surface area contributed by atoms with Crippen molar-refractivity contribution in [3.8, 4) is 0 Å². The van der Waals surface area contributed by atoms with Crippen molar-refractivity contribution >= 4 is 17.4 Å². The second-order valence-corrected chi connectivity index (χ2v) is 5.75. The average molecular weight is 251 g/mol. The molecular formula is C13H21N3S. The van der Waals surface area contributed by atoms with Gasteiger partial charge < -0.3 is 10.2 Å². The van der Waals surface area contributed by atoms with Crippen molar-refractivity contribution in [2.24, 2.45) is 0 Å². The molecule has 2 heterocycles. The molecule has 0 spiro atoms. The van der Waals surface area contributed by atoms with Crippen LogP contribution in [0.15, 0.2) is 12.3 Å². The zero-order valence-corrected chi connectivity index (χ0v) is 11.7. The smallest absolute Gasteiger partial charge is 0.0448 e. The maximum Gasteiger partial charge on any atom is 0.0448 e. The van der Waals surface area contributed by atoms with Gasteiger partial charge in [0.05, 0.1) is 0 Å². The number of aromatic nitrogens is 1. The summed E-state index contributed by atoms with van der Waals surface area (Å²) in [6.45, 7) is 6.41. The molecule has 3 nitrogen and oxygen atoms in total. The first-order valence-electron chi connectivity index (χ1n) is 6.17. The molecule has 1 aromatic rings. The van der Waals surface area contributed by atoms with Crippen molar-refractivity contribution in [1.29, 1.82) is 0 Å². The van der Waals surface area contributed by atoms with E-state index in [2.05, 4.69) is 46.9 Å². The van der Waals surface area contributed by atoms with Crippen LogP contribution in [0.2, 0.25) is 0 Å². The molecule has 1 aliphatic rings. The van der Waals surface area contributed by atoms with E-state index < -0.39 is 0 Å². The SMILES string of the molecule is CNCc1cnc(C)cc1N1CCSCC1C. The zero-order chi connectivity index (χ0) is 12.3. The first kappa shape index (κ1) is 12.7. The number of hydrogen-bond donors (Lipinski definition) is 1. The van der Waals surface area contributed by atoms with Crippen molar-refractivity contribution in [3.05, 3.63) is 23.5 Å². The third kappa shape index (κ3) is 2.93. The van der Waals surface area contributed by atoms with E-state index in [0.29, 0.717) is 6.04 Å². The fourth-order valence-corrected chi connectivity index (χ4v) is 3.27. The third-order valence-corrected chi connectivity index (χ3v) is 4.33. The summed E-state index contributed by atoms with van der Waals surface area (Å²) in [5.41, 5.74) is 3.77. The van der Waals surface area contributed by atoms with Crippen molar-refractivity contribution in [2.45, 2.75) is 26.4 Å². The molecule has 0 aromatic carbocycles. The summed E-state index contributed by atoms with van der Waals surface area (Å²) < 4.78 is 0. The fourth-order valence-electron chi connectivity index (χ4n) is 2.25. The first-order valence-corrected chi connectivity index (χ1v) is 7.32. The van der Waals surface area contributed by atoms with Crippen LogP contribution in [0.1, 0.15) is 18.2 Å². The topological polar surface area (TPSA) is 28.2 Å². The Balaban J connectivity index is 2.30. The molecule has 1 atom stereocenters. The van der Waals surface area contributed by atoms with E-state index in [1.165, 1.54) is 22.8 Å². The number of nitrogens with zero attached hydrogens (tertiary/aromatic N) is 2. The highest BCUT2D eigenvalue weighted by Crippen LogP contribution is 2.27. The van der Waals surface area contributed by atoms with Gasteiger partial charge in [-0.3, -0.25) is 4.98 Å². The molecule has 94 valence electrons. The van der Waals surface area contributed by atoms with Crippen LogP contribution < -0.4 is 10.2 Å². The molecule has 0 saturated carbocycles.